The number of imidazole rings is 1. The minimum atomic E-state index is -2.50. The largest absolute Gasteiger partial charge is 0.379 e. The molecule has 1 N–H and O–H groups in total. The fourth-order valence-electron chi connectivity index (χ4n) is 4.78. The lowest BCUT2D eigenvalue weighted by atomic mass is 9.93. The zero-order valence-corrected chi connectivity index (χ0v) is 17.4. The summed E-state index contributed by atoms with van der Waals surface area (Å²) in [5.74, 6) is -0.616. The Morgan fingerprint density at radius 2 is 2.43 bits per heavy atom. The first-order valence-electron chi connectivity index (χ1n) is 10.8. The Labute approximate surface area is 180 Å². The van der Waals surface area contributed by atoms with Crippen molar-refractivity contribution in [3.05, 3.63) is 50.2 Å². The molecule has 0 bridgehead atoms. The molecular formula is C20H21BrFN3O2S. The Morgan fingerprint density at radius 1 is 1.57 bits per heavy atom. The molecule has 1 saturated carbocycles. The summed E-state index contributed by atoms with van der Waals surface area (Å²) in [7, 11) is 0. The van der Waals surface area contributed by atoms with Crippen LogP contribution in [0.3, 0.4) is 0 Å². The highest BCUT2D eigenvalue weighted by atomic mass is 79.9. The van der Waals surface area contributed by atoms with Gasteiger partial charge < -0.3 is 19.2 Å². The van der Waals surface area contributed by atoms with Crippen LogP contribution in [0.2, 0.25) is 0 Å². The van der Waals surface area contributed by atoms with Crippen molar-refractivity contribution in [3.63, 3.8) is 0 Å². The molecule has 5 rings (SSSR count). The van der Waals surface area contributed by atoms with Crippen molar-refractivity contribution in [1.29, 1.82) is 0 Å². The predicted molar refractivity (Wildman–Crippen MR) is 108 cm³/mol. The van der Waals surface area contributed by atoms with Gasteiger partial charge in [0.1, 0.15) is 5.82 Å². The zero-order chi connectivity index (χ0) is 22.1. The molecule has 8 heteroatoms. The van der Waals surface area contributed by atoms with E-state index in [1.54, 1.807) is 16.7 Å². The van der Waals surface area contributed by atoms with Gasteiger partial charge in [-0.15, -0.1) is 0 Å². The van der Waals surface area contributed by atoms with Gasteiger partial charge in [-0.2, -0.15) is 0 Å². The van der Waals surface area contributed by atoms with Gasteiger partial charge in [0.2, 0.25) is 5.91 Å². The van der Waals surface area contributed by atoms with Gasteiger partial charge >= 0.3 is 0 Å². The fraction of sp³-hybridized carbons (Fsp3) is 0.500. The molecule has 148 valence electrons. The lowest BCUT2D eigenvalue weighted by Gasteiger charge is -2.15. The van der Waals surface area contributed by atoms with Crippen molar-refractivity contribution in [2.45, 2.75) is 43.2 Å². The summed E-state index contributed by atoms with van der Waals surface area (Å²) >= 11 is 8.94. The molecule has 28 heavy (non-hydrogen) atoms. The van der Waals surface area contributed by atoms with E-state index in [1.165, 1.54) is 6.07 Å². The van der Waals surface area contributed by atoms with Crippen molar-refractivity contribution < 1.29 is 18.0 Å². The van der Waals surface area contributed by atoms with Crippen LogP contribution in [0.1, 0.15) is 39.8 Å². The third kappa shape index (κ3) is 2.72. The van der Waals surface area contributed by atoms with Crippen LogP contribution in [0.5, 0.6) is 0 Å². The Hall–Kier alpha value is -1.51. The molecule has 5 nitrogen and oxygen atoms in total. The van der Waals surface area contributed by atoms with E-state index in [1.807, 2.05) is 0 Å². The number of rotatable bonds is 4. The fourth-order valence-corrected chi connectivity index (χ4v) is 5.42. The summed E-state index contributed by atoms with van der Waals surface area (Å²) in [6.07, 6.45) is 1.35. The number of benzene rings is 1. The number of ether oxygens (including phenoxy) is 1. The van der Waals surface area contributed by atoms with Gasteiger partial charge in [0.25, 0.3) is 0 Å². The summed E-state index contributed by atoms with van der Waals surface area (Å²) < 4.78 is 47.8. The summed E-state index contributed by atoms with van der Waals surface area (Å²) in [4.78, 5) is 12.8. The van der Waals surface area contributed by atoms with Crippen LogP contribution in [0.25, 0.3) is 0 Å². The zero-order valence-electron chi connectivity index (χ0n) is 18.0. The van der Waals surface area contributed by atoms with E-state index < -0.39 is 12.4 Å². The van der Waals surface area contributed by atoms with Gasteiger partial charge in [-0.05, 0) is 48.8 Å². The van der Waals surface area contributed by atoms with Gasteiger partial charge in [-0.3, -0.25) is 4.79 Å². The van der Waals surface area contributed by atoms with Crippen molar-refractivity contribution in [2.75, 3.05) is 13.2 Å². The van der Waals surface area contributed by atoms with Crippen LogP contribution in [0.4, 0.5) is 4.39 Å². The first-order valence-corrected chi connectivity index (χ1v) is 10.5. The smallest absolute Gasteiger partial charge is 0.226 e. The number of hydrogen-bond donors (Lipinski definition) is 1. The number of carbonyl (C=O) groups is 1. The second kappa shape index (κ2) is 6.50. The highest BCUT2D eigenvalue weighted by Crippen LogP contribution is 2.66. The van der Waals surface area contributed by atoms with Gasteiger partial charge in [-0.1, -0.05) is 15.9 Å². The highest BCUT2D eigenvalue weighted by molar-refractivity contribution is 9.10. The van der Waals surface area contributed by atoms with Crippen LogP contribution in [0.15, 0.2) is 22.7 Å². The minimum Gasteiger partial charge on any atom is -0.379 e. The lowest BCUT2D eigenvalue weighted by Crippen LogP contribution is -2.36. The van der Waals surface area contributed by atoms with Gasteiger partial charge in [-0.25, -0.2) is 4.39 Å². The monoisotopic (exact) mass is 468 g/mol. The van der Waals surface area contributed by atoms with Crippen LogP contribution in [-0.4, -0.2) is 34.3 Å². The molecule has 1 aliphatic carbocycles. The Kier molecular flexibility index (Phi) is 3.56. The third-order valence-corrected chi connectivity index (χ3v) is 7.11. The molecule has 0 radical (unpaired) electrons. The average Bonchev–Trinajstić information content (AvgIpc) is 2.98. The average molecular weight is 469 g/mol. The van der Waals surface area contributed by atoms with E-state index in [-0.39, 0.29) is 34.9 Å². The molecule has 3 heterocycles. The first kappa shape index (κ1) is 15.3. The van der Waals surface area contributed by atoms with E-state index in [0.29, 0.717) is 37.4 Å². The maximum atomic E-state index is 14.7. The molecule has 0 spiro atoms. The van der Waals surface area contributed by atoms with Crippen LogP contribution < -0.4 is 5.32 Å². The van der Waals surface area contributed by atoms with E-state index >= 15 is 0 Å². The Bertz CT molecular complexity index is 1140. The van der Waals surface area contributed by atoms with Crippen molar-refractivity contribution in [1.82, 2.24) is 14.5 Å². The molecule has 1 aromatic carbocycles. The third-order valence-electron chi connectivity index (χ3n) is 6.21. The highest BCUT2D eigenvalue weighted by Gasteiger charge is 2.63. The summed E-state index contributed by atoms with van der Waals surface area (Å²) in [5.41, 5.74) is 1.30. The molecule has 1 saturated heterocycles. The van der Waals surface area contributed by atoms with Gasteiger partial charge in [0.15, 0.2) is 4.77 Å². The lowest BCUT2D eigenvalue weighted by molar-refractivity contribution is -0.121. The molecule has 3 aliphatic rings. The van der Waals surface area contributed by atoms with Crippen molar-refractivity contribution in [2.24, 2.45) is 6.98 Å². The van der Waals surface area contributed by atoms with E-state index in [2.05, 4.69) is 21.2 Å². The van der Waals surface area contributed by atoms with Gasteiger partial charge in [0, 0.05) is 51.4 Å². The number of halogens is 2. The molecule has 2 aromatic rings. The standard InChI is InChI=1S/C20H21BrFN3O2S/c1-24-16(7-17(26)23-12-4-5-27-9-12)18-14-8-20(14,10-25(18)19(24)28)13-6-11(21)2-3-15(13)22/h2-3,6,12,14H,4-5,7-10H2,1H3,(H,23,26)/t12-,14-,20+/m0/s1/i1D3. The number of carbonyl (C=O) groups excluding carboxylic acids is 1. The summed E-state index contributed by atoms with van der Waals surface area (Å²) in [5, 5.41) is 2.92. The minimum absolute atomic E-state index is 0.0665. The molecule has 0 unspecified atom stereocenters. The molecular weight excluding hydrogens is 445 g/mol. The number of fused-ring (bicyclic) bond motifs is 3. The number of nitrogens with zero attached hydrogens (tertiary/aromatic N) is 2. The van der Waals surface area contributed by atoms with Crippen molar-refractivity contribution in [3.8, 4) is 0 Å². The molecule has 1 amide bonds. The second-order valence-electron chi connectivity index (χ2n) is 7.88. The predicted octanol–water partition coefficient (Wildman–Crippen LogP) is 3.34. The molecule has 2 aliphatic heterocycles. The SMILES string of the molecule is [2H]C([2H])([2H])n1c(CC(=O)N[C@H]2CCOC2)c2n(c1=S)C[C@@]1(c3cc(Br)ccc3F)C[C@@H]21. The first-order chi connectivity index (χ1) is 14.6. The number of nitrogens with one attached hydrogen (secondary N) is 1. The van der Waals surface area contributed by atoms with Gasteiger partial charge in [0.05, 0.1) is 19.1 Å². The normalized spacial score (nSPS) is 29.6. The number of amides is 1. The maximum Gasteiger partial charge on any atom is 0.226 e. The van der Waals surface area contributed by atoms with Crippen LogP contribution in [-0.2, 0) is 34.9 Å². The van der Waals surface area contributed by atoms with E-state index in [0.717, 1.165) is 21.2 Å². The Balaban J connectivity index is 1.53. The second-order valence-corrected chi connectivity index (χ2v) is 9.16. The van der Waals surface area contributed by atoms with Crippen LogP contribution in [0, 0.1) is 10.6 Å². The number of hydrogen-bond acceptors (Lipinski definition) is 3. The summed E-state index contributed by atoms with van der Waals surface area (Å²) in [6.45, 7) is -1.04. The number of aromatic nitrogens is 2. The molecule has 1 aromatic heterocycles. The Morgan fingerprint density at radius 3 is 3.18 bits per heavy atom. The van der Waals surface area contributed by atoms with E-state index in [4.69, 9.17) is 21.1 Å². The van der Waals surface area contributed by atoms with Crippen molar-refractivity contribution >= 4 is 34.1 Å². The topological polar surface area (TPSA) is 48.2 Å². The summed E-state index contributed by atoms with van der Waals surface area (Å²) in [6, 6.07) is 4.82. The molecule has 3 atom stereocenters. The van der Waals surface area contributed by atoms with Crippen LogP contribution >= 0.6 is 28.1 Å². The molecule has 2 fully saturated rings. The van der Waals surface area contributed by atoms with E-state index in [9.17, 15) is 9.18 Å². The maximum absolute atomic E-state index is 14.7. The quantitative estimate of drug-likeness (QED) is 0.699.